The smallest absolute Gasteiger partial charge is 0.250 e. The zero-order valence-electron chi connectivity index (χ0n) is 12.9. The Kier molecular flexibility index (Phi) is 5.40. The molecule has 0 aromatic carbocycles. The zero-order valence-corrected chi connectivity index (χ0v) is 12.9. The molecule has 0 spiro atoms. The Morgan fingerprint density at radius 3 is 3.00 bits per heavy atom. The van der Waals surface area contributed by atoms with Crippen LogP contribution < -0.4 is 4.74 Å². The number of carbonyl (C=O) groups is 1. The van der Waals surface area contributed by atoms with Gasteiger partial charge in [0.15, 0.2) is 12.1 Å². The Labute approximate surface area is 134 Å². The first-order valence-electron chi connectivity index (χ1n) is 8.00. The van der Waals surface area contributed by atoms with Crippen LogP contribution in [-0.2, 0) is 14.3 Å². The average Bonchev–Trinajstić information content (AvgIpc) is 2.58. The predicted octanol–water partition coefficient (Wildman–Crippen LogP) is 1.74. The van der Waals surface area contributed by atoms with Crippen LogP contribution in [0.4, 0.5) is 4.39 Å². The van der Waals surface area contributed by atoms with Crippen LogP contribution in [0.15, 0.2) is 18.3 Å². The largest absolute Gasteiger partial charge is 0.470 e. The van der Waals surface area contributed by atoms with E-state index in [1.54, 1.807) is 4.90 Å². The minimum absolute atomic E-state index is 0.00857. The van der Waals surface area contributed by atoms with Gasteiger partial charge >= 0.3 is 0 Å². The maximum atomic E-state index is 13.6. The lowest BCUT2D eigenvalue weighted by atomic mass is 10.1. The molecule has 0 radical (unpaired) electrons. The van der Waals surface area contributed by atoms with Crippen molar-refractivity contribution < 1.29 is 23.4 Å². The highest BCUT2D eigenvalue weighted by atomic mass is 19.1. The molecule has 2 aliphatic heterocycles. The Hall–Kier alpha value is -1.73. The molecule has 1 aromatic heterocycles. The Balaban J connectivity index is 1.53. The van der Waals surface area contributed by atoms with Gasteiger partial charge in [0, 0.05) is 12.7 Å². The monoisotopic (exact) mass is 324 g/mol. The minimum atomic E-state index is -0.486. The van der Waals surface area contributed by atoms with Crippen LogP contribution in [-0.4, -0.2) is 54.5 Å². The first-order chi connectivity index (χ1) is 11.2. The summed E-state index contributed by atoms with van der Waals surface area (Å²) in [4.78, 5) is 18.0. The molecular weight excluding hydrogens is 303 g/mol. The van der Waals surface area contributed by atoms with Crippen LogP contribution in [0.3, 0.4) is 0 Å². The highest BCUT2D eigenvalue weighted by Gasteiger charge is 2.28. The number of rotatable bonds is 4. The van der Waals surface area contributed by atoms with Crippen LogP contribution in [0, 0.1) is 5.82 Å². The normalized spacial score (nSPS) is 22.8. The number of carbonyl (C=O) groups excluding carboxylic acids is 1. The first kappa shape index (κ1) is 16.1. The summed E-state index contributed by atoms with van der Waals surface area (Å²) in [6.07, 6.45) is 3.45. The third-order valence-corrected chi connectivity index (χ3v) is 3.97. The molecule has 2 fully saturated rings. The summed E-state index contributed by atoms with van der Waals surface area (Å²) in [5.41, 5.74) is 0. The summed E-state index contributed by atoms with van der Waals surface area (Å²) in [6, 6.07) is 2.83. The van der Waals surface area contributed by atoms with E-state index in [0.29, 0.717) is 26.3 Å². The highest BCUT2D eigenvalue weighted by molar-refractivity contribution is 5.76. The molecule has 0 aliphatic carbocycles. The van der Waals surface area contributed by atoms with Crippen molar-refractivity contribution in [3.05, 3.63) is 24.1 Å². The van der Waals surface area contributed by atoms with E-state index in [1.165, 1.54) is 18.3 Å². The molecule has 0 N–H and O–H groups in total. The Bertz CT molecular complexity index is 537. The highest BCUT2D eigenvalue weighted by Crippen LogP contribution is 2.20. The van der Waals surface area contributed by atoms with Gasteiger partial charge in [-0.3, -0.25) is 4.79 Å². The molecule has 2 saturated heterocycles. The van der Waals surface area contributed by atoms with Gasteiger partial charge in [-0.15, -0.1) is 0 Å². The second-order valence-corrected chi connectivity index (χ2v) is 5.74. The summed E-state index contributed by atoms with van der Waals surface area (Å²) < 4.78 is 30.1. The maximum Gasteiger partial charge on any atom is 0.250 e. The van der Waals surface area contributed by atoms with E-state index in [2.05, 4.69) is 4.98 Å². The van der Waals surface area contributed by atoms with E-state index in [9.17, 15) is 9.18 Å². The number of nitrogens with zero attached hydrogens (tertiary/aromatic N) is 2. The molecule has 1 aromatic rings. The summed E-state index contributed by atoms with van der Waals surface area (Å²) >= 11 is 0. The van der Waals surface area contributed by atoms with Crippen molar-refractivity contribution in [2.75, 3.05) is 26.3 Å². The van der Waals surface area contributed by atoms with Crippen LogP contribution in [0.1, 0.15) is 25.7 Å². The number of ether oxygens (including phenoxy) is 3. The van der Waals surface area contributed by atoms with E-state index in [4.69, 9.17) is 14.2 Å². The summed E-state index contributed by atoms with van der Waals surface area (Å²) in [6.45, 7) is 2.36. The second-order valence-electron chi connectivity index (χ2n) is 5.74. The molecule has 1 atom stereocenters. The number of piperidine rings is 1. The summed E-state index contributed by atoms with van der Waals surface area (Å²) in [5.74, 6) is -0.516. The van der Waals surface area contributed by atoms with Crippen LogP contribution in [0.5, 0.6) is 5.88 Å². The Morgan fingerprint density at radius 2 is 2.22 bits per heavy atom. The fourth-order valence-electron chi connectivity index (χ4n) is 2.80. The van der Waals surface area contributed by atoms with Crippen LogP contribution >= 0.6 is 0 Å². The van der Waals surface area contributed by atoms with Crippen LogP contribution in [0.25, 0.3) is 0 Å². The standard InChI is InChI=1S/C16H21FN2O4/c17-13-5-1-6-18-16(13)23-12-4-2-7-19(11-12)14(20)10-15-21-8-3-9-22-15/h1,5-6,12,15H,2-4,7-11H2/t12-/m0/s1. The minimum Gasteiger partial charge on any atom is -0.470 e. The van der Waals surface area contributed by atoms with Crippen molar-refractivity contribution in [1.29, 1.82) is 0 Å². The summed E-state index contributed by atoms with van der Waals surface area (Å²) in [7, 11) is 0. The number of pyridine rings is 1. The number of likely N-dealkylation sites (tertiary alicyclic amines) is 1. The van der Waals surface area contributed by atoms with Crippen molar-refractivity contribution in [3.8, 4) is 5.88 Å². The fraction of sp³-hybridized carbons (Fsp3) is 0.625. The van der Waals surface area contributed by atoms with Gasteiger partial charge in [0.25, 0.3) is 5.88 Å². The van der Waals surface area contributed by atoms with E-state index in [1.807, 2.05) is 0 Å². The van der Waals surface area contributed by atoms with Crippen molar-refractivity contribution in [3.63, 3.8) is 0 Å². The van der Waals surface area contributed by atoms with Crippen molar-refractivity contribution in [2.45, 2.75) is 38.1 Å². The van der Waals surface area contributed by atoms with E-state index in [-0.39, 0.29) is 24.3 Å². The van der Waals surface area contributed by atoms with Gasteiger partial charge in [0.05, 0.1) is 26.2 Å². The molecule has 3 rings (SSSR count). The van der Waals surface area contributed by atoms with Gasteiger partial charge in [-0.05, 0) is 31.4 Å². The lowest BCUT2D eigenvalue weighted by Gasteiger charge is -2.34. The van der Waals surface area contributed by atoms with Crippen LogP contribution in [0.2, 0.25) is 0 Å². The molecule has 2 aliphatic rings. The van der Waals surface area contributed by atoms with E-state index >= 15 is 0 Å². The van der Waals surface area contributed by atoms with Crippen molar-refractivity contribution in [2.24, 2.45) is 0 Å². The number of halogens is 1. The SMILES string of the molecule is O=C(CC1OCCCO1)N1CCC[C@H](Oc2ncccc2F)C1. The number of hydrogen-bond acceptors (Lipinski definition) is 5. The third-order valence-electron chi connectivity index (χ3n) is 3.97. The lowest BCUT2D eigenvalue weighted by molar-refractivity contribution is -0.187. The molecule has 23 heavy (non-hydrogen) atoms. The van der Waals surface area contributed by atoms with Gasteiger partial charge < -0.3 is 19.1 Å². The molecule has 1 amide bonds. The number of amides is 1. The van der Waals surface area contributed by atoms with Crippen molar-refractivity contribution >= 4 is 5.91 Å². The maximum absolute atomic E-state index is 13.6. The molecule has 7 heteroatoms. The zero-order chi connectivity index (χ0) is 16.1. The van der Waals surface area contributed by atoms with E-state index in [0.717, 1.165) is 19.3 Å². The lowest BCUT2D eigenvalue weighted by Crippen LogP contribution is -2.46. The number of hydrogen-bond donors (Lipinski definition) is 0. The molecule has 0 saturated carbocycles. The quantitative estimate of drug-likeness (QED) is 0.844. The van der Waals surface area contributed by atoms with E-state index < -0.39 is 12.1 Å². The predicted molar refractivity (Wildman–Crippen MR) is 79.4 cm³/mol. The molecule has 0 unspecified atom stereocenters. The molecule has 6 nitrogen and oxygen atoms in total. The fourth-order valence-corrected chi connectivity index (χ4v) is 2.80. The summed E-state index contributed by atoms with van der Waals surface area (Å²) in [5, 5.41) is 0. The molecular formula is C16H21FN2O4. The first-order valence-corrected chi connectivity index (χ1v) is 8.00. The molecule has 126 valence electrons. The van der Waals surface area contributed by atoms with Gasteiger partial charge in [-0.1, -0.05) is 0 Å². The van der Waals surface area contributed by atoms with Gasteiger partial charge in [-0.25, -0.2) is 9.37 Å². The topological polar surface area (TPSA) is 60.9 Å². The Morgan fingerprint density at radius 1 is 1.39 bits per heavy atom. The molecule has 3 heterocycles. The van der Waals surface area contributed by atoms with Gasteiger partial charge in [0.1, 0.15) is 6.10 Å². The van der Waals surface area contributed by atoms with Gasteiger partial charge in [0.2, 0.25) is 5.91 Å². The third kappa shape index (κ3) is 4.39. The second kappa shape index (κ2) is 7.70. The number of aromatic nitrogens is 1. The van der Waals surface area contributed by atoms with Gasteiger partial charge in [-0.2, -0.15) is 0 Å². The van der Waals surface area contributed by atoms with Crippen molar-refractivity contribution in [1.82, 2.24) is 9.88 Å². The average molecular weight is 324 g/mol. The molecule has 0 bridgehead atoms.